The second-order valence-electron chi connectivity index (χ2n) is 5.19. The minimum atomic E-state index is 0.121. The molecule has 0 spiro atoms. The van der Waals surface area contributed by atoms with Gasteiger partial charge in [-0.1, -0.05) is 26.1 Å². The molecule has 1 aliphatic carbocycles. The summed E-state index contributed by atoms with van der Waals surface area (Å²) in [6.45, 7) is 6.42. The fraction of sp³-hybridized carbons (Fsp3) is 0.833. The molecule has 0 bridgehead atoms. The Hall–Kier alpha value is -0.680. The molecule has 0 radical (unpaired) electrons. The molecular weight excluding hydrogens is 234 g/mol. The average Bonchev–Trinajstić information content (AvgIpc) is 2.96. The molecule has 0 unspecified atom stereocenters. The van der Waals surface area contributed by atoms with Crippen molar-refractivity contribution in [2.75, 3.05) is 19.6 Å². The Kier molecular flexibility index (Phi) is 5.85. The lowest BCUT2D eigenvalue weighted by atomic mass is 10.2. The fourth-order valence-electron chi connectivity index (χ4n) is 1.72. The predicted octanol–water partition coefficient (Wildman–Crippen LogP) is 0.899. The van der Waals surface area contributed by atoms with Crippen molar-refractivity contribution in [2.45, 2.75) is 39.2 Å². The van der Waals surface area contributed by atoms with Crippen molar-refractivity contribution in [2.24, 2.45) is 11.7 Å². The normalized spacial score (nSPS) is 15.3. The molecule has 0 heterocycles. The number of carbonyl (C=O) groups excluding carboxylic acids is 1. The van der Waals surface area contributed by atoms with Crippen molar-refractivity contribution in [3.63, 3.8) is 0 Å². The van der Waals surface area contributed by atoms with Gasteiger partial charge in [0.25, 0.3) is 0 Å². The molecule has 1 fully saturated rings. The molecule has 1 amide bonds. The highest BCUT2D eigenvalue weighted by atomic mass is 32.1. The highest BCUT2D eigenvalue weighted by Gasteiger charge is 2.24. The maximum absolute atomic E-state index is 11.7. The minimum absolute atomic E-state index is 0.121. The van der Waals surface area contributed by atoms with E-state index < -0.39 is 0 Å². The quantitative estimate of drug-likeness (QED) is 0.634. The summed E-state index contributed by atoms with van der Waals surface area (Å²) in [5, 5.41) is 3.00. The van der Waals surface area contributed by atoms with Crippen LogP contribution in [0.5, 0.6) is 0 Å². The van der Waals surface area contributed by atoms with Gasteiger partial charge in [0.1, 0.15) is 0 Å². The van der Waals surface area contributed by atoms with E-state index in [2.05, 4.69) is 24.1 Å². The van der Waals surface area contributed by atoms with Crippen LogP contribution in [0.15, 0.2) is 0 Å². The Morgan fingerprint density at radius 2 is 2.18 bits per heavy atom. The minimum Gasteiger partial charge on any atom is -0.393 e. The van der Waals surface area contributed by atoms with E-state index in [0.29, 0.717) is 29.9 Å². The van der Waals surface area contributed by atoms with Crippen LogP contribution in [0.3, 0.4) is 0 Å². The van der Waals surface area contributed by atoms with Gasteiger partial charge >= 0.3 is 0 Å². The maximum Gasteiger partial charge on any atom is 0.234 e. The van der Waals surface area contributed by atoms with Crippen molar-refractivity contribution in [3.05, 3.63) is 0 Å². The zero-order valence-corrected chi connectivity index (χ0v) is 11.6. The van der Waals surface area contributed by atoms with Crippen LogP contribution < -0.4 is 11.1 Å². The van der Waals surface area contributed by atoms with Gasteiger partial charge in [0, 0.05) is 25.6 Å². The first-order valence-electron chi connectivity index (χ1n) is 6.27. The summed E-state index contributed by atoms with van der Waals surface area (Å²) in [5.74, 6) is 0.658. The molecule has 5 heteroatoms. The monoisotopic (exact) mass is 257 g/mol. The third-order valence-corrected chi connectivity index (χ3v) is 2.81. The first-order chi connectivity index (χ1) is 7.97. The van der Waals surface area contributed by atoms with Crippen LogP contribution in [0.4, 0.5) is 0 Å². The third-order valence-electron chi connectivity index (χ3n) is 2.61. The topological polar surface area (TPSA) is 58.4 Å². The summed E-state index contributed by atoms with van der Waals surface area (Å²) in [4.78, 5) is 14.4. The molecule has 1 rings (SSSR count). The van der Waals surface area contributed by atoms with E-state index in [1.165, 1.54) is 0 Å². The zero-order chi connectivity index (χ0) is 12.8. The van der Waals surface area contributed by atoms with Gasteiger partial charge in [-0.2, -0.15) is 0 Å². The number of hydrogen-bond acceptors (Lipinski definition) is 3. The summed E-state index contributed by atoms with van der Waals surface area (Å²) in [6.07, 6.45) is 2.93. The van der Waals surface area contributed by atoms with Crippen LogP contribution in [-0.4, -0.2) is 41.5 Å². The van der Waals surface area contributed by atoms with E-state index in [9.17, 15) is 4.79 Å². The molecule has 4 nitrogen and oxygen atoms in total. The number of nitrogens with two attached hydrogens (primary N) is 1. The summed E-state index contributed by atoms with van der Waals surface area (Å²) in [7, 11) is 0. The number of rotatable bonds is 8. The molecule has 1 saturated carbocycles. The Labute approximate surface area is 109 Å². The predicted molar refractivity (Wildman–Crippen MR) is 73.8 cm³/mol. The van der Waals surface area contributed by atoms with Crippen LogP contribution in [-0.2, 0) is 4.79 Å². The number of hydrogen-bond donors (Lipinski definition) is 2. The second kappa shape index (κ2) is 6.91. The summed E-state index contributed by atoms with van der Waals surface area (Å²) in [5.41, 5.74) is 5.50. The lowest BCUT2D eigenvalue weighted by Gasteiger charge is -2.23. The molecule has 17 heavy (non-hydrogen) atoms. The van der Waals surface area contributed by atoms with Crippen LogP contribution in [0, 0.1) is 5.92 Å². The smallest absolute Gasteiger partial charge is 0.234 e. The fourth-order valence-corrected chi connectivity index (χ4v) is 1.81. The second-order valence-corrected chi connectivity index (χ2v) is 5.71. The van der Waals surface area contributed by atoms with Gasteiger partial charge in [0.05, 0.1) is 11.5 Å². The Balaban J connectivity index is 2.31. The van der Waals surface area contributed by atoms with E-state index in [1.807, 2.05) is 0 Å². The van der Waals surface area contributed by atoms with Crippen LogP contribution >= 0.6 is 12.2 Å². The molecule has 0 aromatic carbocycles. The van der Waals surface area contributed by atoms with Gasteiger partial charge in [-0.05, 0) is 18.8 Å². The summed E-state index contributed by atoms with van der Waals surface area (Å²) in [6, 6.07) is 0.430. The SMILES string of the molecule is CC(C)CN(CCC(N)=S)CC(=O)NC1CC1. The van der Waals surface area contributed by atoms with E-state index in [4.69, 9.17) is 18.0 Å². The summed E-state index contributed by atoms with van der Waals surface area (Å²) >= 11 is 4.87. The van der Waals surface area contributed by atoms with Crippen molar-refractivity contribution in [3.8, 4) is 0 Å². The van der Waals surface area contributed by atoms with E-state index in [0.717, 1.165) is 25.9 Å². The summed E-state index contributed by atoms with van der Waals surface area (Å²) < 4.78 is 0. The van der Waals surface area contributed by atoms with Gasteiger partial charge in [-0.25, -0.2) is 0 Å². The number of carbonyl (C=O) groups is 1. The molecular formula is C12H23N3OS. The third kappa shape index (κ3) is 7.28. The first kappa shape index (κ1) is 14.4. The van der Waals surface area contributed by atoms with E-state index in [-0.39, 0.29) is 5.91 Å². The van der Waals surface area contributed by atoms with Crippen molar-refractivity contribution in [1.82, 2.24) is 10.2 Å². The Morgan fingerprint density at radius 1 is 1.53 bits per heavy atom. The van der Waals surface area contributed by atoms with Gasteiger partial charge in [0.2, 0.25) is 5.91 Å². The molecule has 1 aliphatic rings. The van der Waals surface area contributed by atoms with Crippen LogP contribution in [0.1, 0.15) is 33.1 Å². The molecule has 0 aromatic heterocycles. The molecule has 3 N–H and O–H groups in total. The standard InChI is InChI=1S/C12H23N3OS/c1-9(2)7-15(6-5-11(13)17)8-12(16)14-10-3-4-10/h9-10H,3-8H2,1-2H3,(H2,13,17)(H,14,16). The number of nitrogens with zero attached hydrogens (tertiary/aromatic N) is 1. The number of thiocarbonyl (C=S) groups is 1. The van der Waals surface area contributed by atoms with Crippen molar-refractivity contribution in [1.29, 1.82) is 0 Å². The molecule has 0 aliphatic heterocycles. The van der Waals surface area contributed by atoms with Crippen molar-refractivity contribution < 1.29 is 4.79 Å². The lowest BCUT2D eigenvalue weighted by Crippen LogP contribution is -2.40. The number of nitrogens with one attached hydrogen (secondary N) is 1. The average molecular weight is 257 g/mol. The van der Waals surface area contributed by atoms with E-state index in [1.54, 1.807) is 0 Å². The van der Waals surface area contributed by atoms with Gasteiger partial charge in [0.15, 0.2) is 0 Å². The maximum atomic E-state index is 11.7. The highest BCUT2D eigenvalue weighted by molar-refractivity contribution is 7.80. The Morgan fingerprint density at radius 3 is 2.65 bits per heavy atom. The molecule has 0 aromatic rings. The highest BCUT2D eigenvalue weighted by Crippen LogP contribution is 2.18. The molecule has 98 valence electrons. The van der Waals surface area contributed by atoms with Gasteiger partial charge < -0.3 is 11.1 Å². The lowest BCUT2D eigenvalue weighted by molar-refractivity contribution is -0.122. The molecule has 0 saturated heterocycles. The van der Waals surface area contributed by atoms with Crippen LogP contribution in [0.2, 0.25) is 0 Å². The largest absolute Gasteiger partial charge is 0.393 e. The Bertz CT molecular complexity index is 277. The van der Waals surface area contributed by atoms with Crippen LogP contribution in [0.25, 0.3) is 0 Å². The van der Waals surface area contributed by atoms with Crippen molar-refractivity contribution >= 4 is 23.1 Å². The van der Waals surface area contributed by atoms with Gasteiger partial charge in [-0.3, -0.25) is 9.69 Å². The zero-order valence-electron chi connectivity index (χ0n) is 10.7. The molecule has 0 atom stereocenters. The number of amides is 1. The van der Waals surface area contributed by atoms with E-state index >= 15 is 0 Å². The van der Waals surface area contributed by atoms with Gasteiger partial charge in [-0.15, -0.1) is 0 Å². The first-order valence-corrected chi connectivity index (χ1v) is 6.68.